The van der Waals surface area contributed by atoms with E-state index in [9.17, 15) is 4.79 Å². The molecule has 0 aliphatic rings. The number of hydrogen-bond acceptors (Lipinski definition) is 3. The first-order valence-electron chi connectivity index (χ1n) is 5.36. The summed E-state index contributed by atoms with van der Waals surface area (Å²) in [5.41, 5.74) is 7.73. The van der Waals surface area contributed by atoms with Crippen molar-refractivity contribution in [1.29, 1.82) is 0 Å². The number of nitrogens with one attached hydrogen (secondary N) is 1. The van der Waals surface area contributed by atoms with Gasteiger partial charge >= 0.3 is 0 Å². The zero-order valence-electron chi connectivity index (χ0n) is 9.44. The van der Waals surface area contributed by atoms with E-state index in [4.69, 9.17) is 10.8 Å². The van der Waals surface area contributed by atoms with Gasteiger partial charge in [0.05, 0.1) is 0 Å². The molecule has 0 aromatic heterocycles. The minimum atomic E-state index is -0.640. The van der Waals surface area contributed by atoms with E-state index < -0.39 is 6.04 Å². The monoisotopic (exact) mass is 222 g/mol. The van der Waals surface area contributed by atoms with Crippen LogP contribution in [0.3, 0.4) is 0 Å². The normalized spacial score (nSPS) is 12.2. The molecule has 1 rings (SSSR count). The lowest BCUT2D eigenvalue weighted by Crippen LogP contribution is -2.34. The lowest BCUT2D eigenvalue weighted by atomic mass is 10.1. The van der Waals surface area contributed by atoms with Crippen molar-refractivity contribution in [2.45, 2.75) is 19.4 Å². The molecule has 1 unspecified atom stereocenters. The average molecular weight is 222 g/mol. The molecule has 1 atom stereocenters. The van der Waals surface area contributed by atoms with Gasteiger partial charge in [-0.2, -0.15) is 0 Å². The third-order valence-electron chi connectivity index (χ3n) is 2.35. The second-order valence-corrected chi connectivity index (χ2v) is 3.76. The van der Waals surface area contributed by atoms with E-state index in [1.54, 1.807) is 0 Å². The number of amides is 1. The first-order chi connectivity index (χ1) is 7.65. The SMILES string of the molecule is Cc1ccc(C(N)C(=O)NCCCO)cc1. The number of aliphatic hydroxyl groups excluding tert-OH is 1. The fraction of sp³-hybridized carbons (Fsp3) is 0.417. The van der Waals surface area contributed by atoms with Crippen molar-refractivity contribution < 1.29 is 9.90 Å². The van der Waals surface area contributed by atoms with Crippen LogP contribution in [0.4, 0.5) is 0 Å². The molecular formula is C12H18N2O2. The van der Waals surface area contributed by atoms with Crippen LogP contribution in [0.2, 0.25) is 0 Å². The predicted octanol–water partition coefficient (Wildman–Crippen LogP) is 0.493. The maximum atomic E-state index is 11.6. The summed E-state index contributed by atoms with van der Waals surface area (Å²) in [6.07, 6.45) is 0.548. The van der Waals surface area contributed by atoms with E-state index in [0.717, 1.165) is 11.1 Å². The highest BCUT2D eigenvalue weighted by Crippen LogP contribution is 2.11. The smallest absolute Gasteiger partial charge is 0.241 e. The Bertz CT molecular complexity index is 335. The van der Waals surface area contributed by atoms with Crippen molar-refractivity contribution in [3.8, 4) is 0 Å². The molecule has 0 spiro atoms. The maximum Gasteiger partial charge on any atom is 0.241 e. The van der Waals surface area contributed by atoms with E-state index in [1.807, 2.05) is 31.2 Å². The Balaban J connectivity index is 2.53. The van der Waals surface area contributed by atoms with Gasteiger partial charge in [-0.05, 0) is 18.9 Å². The van der Waals surface area contributed by atoms with E-state index in [0.29, 0.717) is 13.0 Å². The van der Waals surface area contributed by atoms with Crippen LogP contribution in [0.25, 0.3) is 0 Å². The van der Waals surface area contributed by atoms with E-state index >= 15 is 0 Å². The molecule has 4 heteroatoms. The molecule has 0 aliphatic carbocycles. The Kier molecular flexibility index (Phi) is 4.95. The molecular weight excluding hydrogens is 204 g/mol. The maximum absolute atomic E-state index is 11.6. The number of rotatable bonds is 5. The summed E-state index contributed by atoms with van der Waals surface area (Å²) in [7, 11) is 0. The molecule has 1 aromatic rings. The van der Waals surface area contributed by atoms with E-state index in [1.165, 1.54) is 0 Å². The van der Waals surface area contributed by atoms with Gasteiger partial charge in [0.2, 0.25) is 5.91 Å². The second kappa shape index (κ2) is 6.25. The fourth-order valence-electron chi connectivity index (χ4n) is 1.33. The summed E-state index contributed by atoms with van der Waals surface area (Å²) in [6.45, 7) is 2.51. The minimum Gasteiger partial charge on any atom is -0.396 e. The highest BCUT2D eigenvalue weighted by atomic mass is 16.3. The molecule has 16 heavy (non-hydrogen) atoms. The quantitative estimate of drug-likeness (QED) is 0.635. The van der Waals surface area contributed by atoms with Gasteiger partial charge < -0.3 is 16.2 Å². The Morgan fingerprint density at radius 3 is 2.62 bits per heavy atom. The van der Waals surface area contributed by atoms with E-state index in [-0.39, 0.29) is 12.5 Å². The summed E-state index contributed by atoms with van der Waals surface area (Å²) in [5.74, 6) is -0.211. The van der Waals surface area contributed by atoms with Gasteiger partial charge in [0, 0.05) is 13.2 Å². The Morgan fingerprint density at radius 1 is 1.44 bits per heavy atom. The average Bonchev–Trinajstić information content (AvgIpc) is 2.29. The highest BCUT2D eigenvalue weighted by molar-refractivity contribution is 5.82. The van der Waals surface area contributed by atoms with Gasteiger partial charge in [-0.3, -0.25) is 4.79 Å². The highest BCUT2D eigenvalue weighted by Gasteiger charge is 2.14. The molecule has 0 heterocycles. The first kappa shape index (κ1) is 12.7. The topological polar surface area (TPSA) is 75.4 Å². The largest absolute Gasteiger partial charge is 0.396 e. The lowest BCUT2D eigenvalue weighted by Gasteiger charge is -2.12. The molecule has 0 aliphatic heterocycles. The Hall–Kier alpha value is -1.39. The molecule has 88 valence electrons. The molecule has 0 saturated heterocycles. The van der Waals surface area contributed by atoms with Crippen LogP contribution in [-0.2, 0) is 4.79 Å². The Morgan fingerprint density at radius 2 is 2.06 bits per heavy atom. The molecule has 0 bridgehead atoms. The lowest BCUT2D eigenvalue weighted by molar-refractivity contribution is -0.122. The number of carbonyl (C=O) groups excluding carboxylic acids is 1. The van der Waals surface area contributed by atoms with Crippen LogP contribution in [0.5, 0.6) is 0 Å². The van der Waals surface area contributed by atoms with Crippen LogP contribution >= 0.6 is 0 Å². The number of aliphatic hydroxyl groups is 1. The molecule has 0 radical (unpaired) electrons. The molecule has 0 saturated carbocycles. The van der Waals surface area contributed by atoms with Gasteiger partial charge in [-0.25, -0.2) is 0 Å². The van der Waals surface area contributed by atoms with Gasteiger partial charge in [0.15, 0.2) is 0 Å². The molecule has 1 amide bonds. The van der Waals surface area contributed by atoms with Gasteiger partial charge in [-0.1, -0.05) is 29.8 Å². The number of hydrogen-bond donors (Lipinski definition) is 3. The van der Waals surface area contributed by atoms with Crippen molar-refractivity contribution in [2.24, 2.45) is 5.73 Å². The van der Waals surface area contributed by atoms with Crippen molar-refractivity contribution in [2.75, 3.05) is 13.2 Å². The third-order valence-corrected chi connectivity index (χ3v) is 2.35. The minimum absolute atomic E-state index is 0.0695. The molecule has 4 nitrogen and oxygen atoms in total. The van der Waals surface area contributed by atoms with Gasteiger partial charge in [0.25, 0.3) is 0 Å². The molecule has 0 fully saturated rings. The zero-order chi connectivity index (χ0) is 12.0. The molecule has 4 N–H and O–H groups in total. The van der Waals surface area contributed by atoms with Crippen LogP contribution in [-0.4, -0.2) is 24.2 Å². The standard InChI is InChI=1S/C12H18N2O2/c1-9-3-5-10(6-4-9)11(13)12(16)14-7-2-8-15/h3-6,11,15H,2,7-8,13H2,1H3,(H,14,16). The number of carbonyl (C=O) groups is 1. The number of benzene rings is 1. The predicted molar refractivity (Wildman–Crippen MR) is 62.8 cm³/mol. The zero-order valence-corrected chi connectivity index (χ0v) is 9.44. The fourth-order valence-corrected chi connectivity index (χ4v) is 1.33. The summed E-state index contributed by atoms with van der Waals surface area (Å²) in [4.78, 5) is 11.6. The van der Waals surface area contributed by atoms with Crippen LogP contribution in [0, 0.1) is 6.92 Å². The van der Waals surface area contributed by atoms with Crippen molar-refractivity contribution in [3.63, 3.8) is 0 Å². The van der Waals surface area contributed by atoms with Crippen LogP contribution in [0.1, 0.15) is 23.6 Å². The first-order valence-corrected chi connectivity index (χ1v) is 5.36. The molecule has 1 aromatic carbocycles. The number of nitrogens with two attached hydrogens (primary N) is 1. The van der Waals surface area contributed by atoms with Gasteiger partial charge in [0.1, 0.15) is 6.04 Å². The summed E-state index contributed by atoms with van der Waals surface area (Å²) in [6, 6.07) is 6.92. The summed E-state index contributed by atoms with van der Waals surface area (Å²) in [5, 5.41) is 11.3. The van der Waals surface area contributed by atoms with Crippen molar-refractivity contribution in [1.82, 2.24) is 5.32 Å². The van der Waals surface area contributed by atoms with E-state index in [2.05, 4.69) is 5.32 Å². The third kappa shape index (κ3) is 3.64. The van der Waals surface area contributed by atoms with Crippen LogP contribution < -0.4 is 11.1 Å². The van der Waals surface area contributed by atoms with Crippen LogP contribution in [0.15, 0.2) is 24.3 Å². The summed E-state index contributed by atoms with van der Waals surface area (Å²) < 4.78 is 0. The van der Waals surface area contributed by atoms with Gasteiger partial charge in [-0.15, -0.1) is 0 Å². The van der Waals surface area contributed by atoms with Crippen molar-refractivity contribution in [3.05, 3.63) is 35.4 Å². The summed E-state index contributed by atoms with van der Waals surface area (Å²) >= 11 is 0. The van der Waals surface area contributed by atoms with Crippen molar-refractivity contribution >= 4 is 5.91 Å². The Labute approximate surface area is 95.5 Å². The second-order valence-electron chi connectivity index (χ2n) is 3.76. The number of aryl methyl sites for hydroxylation is 1.